The number of rotatable bonds is 9. The van der Waals surface area contributed by atoms with E-state index in [1.807, 2.05) is 6.07 Å². The molecule has 3 heterocycles. The number of aromatic nitrogens is 4. The lowest BCUT2D eigenvalue weighted by Gasteiger charge is -2.19. The Morgan fingerprint density at radius 1 is 1.32 bits per heavy atom. The van der Waals surface area contributed by atoms with Gasteiger partial charge in [-0.25, -0.2) is 9.97 Å². The van der Waals surface area contributed by atoms with Crippen LogP contribution in [0.15, 0.2) is 66.6 Å². The van der Waals surface area contributed by atoms with Crippen LogP contribution in [0.1, 0.15) is 16.1 Å². The van der Waals surface area contributed by atoms with Crippen LogP contribution in [0.2, 0.25) is 0 Å². The molecule has 0 radical (unpaired) electrons. The topological polar surface area (TPSA) is 86.3 Å². The maximum absolute atomic E-state index is 13.0. The minimum Gasteiger partial charge on any atom is -0.463 e. The molecule has 0 aliphatic heterocycles. The molecule has 144 valence electrons. The number of amides is 1. The summed E-state index contributed by atoms with van der Waals surface area (Å²) in [5.74, 6) is 0.739. The summed E-state index contributed by atoms with van der Waals surface area (Å²) in [7, 11) is 1.55. The van der Waals surface area contributed by atoms with Gasteiger partial charge in [0, 0.05) is 26.4 Å². The second kappa shape index (κ2) is 8.92. The Kier molecular flexibility index (Phi) is 6.13. The van der Waals surface area contributed by atoms with Crippen LogP contribution >= 0.6 is 0 Å². The van der Waals surface area contributed by atoms with Gasteiger partial charge in [-0.05, 0) is 18.2 Å². The summed E-state index contributed by atoms with van der Waals surface area (Å²) >= 11 is 0. The fourth-order valence-corrected chi connectivity index (χ4v) is 2.73. The summed E-state index contributed by atoms with van der Waals surface area (Å²) in [6.45, 7) is 8.37. The van der Waals surface area contributed by atoms with Crippen LogP contribution in [0, 0.1) is 0 Å². The first-order chi connectivity index (χ1) is 13.7. The second-order valence-electron chi connectivity index (χ2n) is 5.86. The smallest absolute Gasteiger partial charge is 0.258 e. The van der Waals surface area contributed by atoms with Crippen LogP contribution in [0.4, 0.5) is 0 Å². The molecular formula is C20H21N5O3. The highest BCUT2D eigenvalue weighted by Gasteiger charge is 2.23. The molecule has 0 saturated carbocycles. The Bertz CT molecular complexity index is 952. The van der Waals surface area contributed by atoms with Crippen molar-refractivity contribution in [3.8, 4) is 17.4 Å². The van der Waals surface area contributed by atoms with Crippen LogP contribution in [0.3, 0.4) is 0 Å². The molecule has 0 saturated heterocycles. The molecule has 28 heavy (non-hydrogen) atoms. The molecule has 1 amide bonds. The quantitative estimate of drug-likeness (QED) is 0.532. The van der Waals surface area contributed by atoms with Gasteiger partial charge in [-0.2, -0.15) is 9.78 Å². The van der Waals surface area contributed by atoms with Crippen molar-refractivity contribution in [2.45, 2.75) is 6.61 Å². The lowest BCUT2D eigenvalue weighted by atomic mass is 10.2. The highest BCUT2D eigenvalue weighted by molar-refractivity contribution is 5.95. The number of hydrogen-bond donors (Lipinski definition) is 0. The first kappa shape index (κ1) is 19.2. The maximum atomic E-state index is 13.0. The Labute approximate surface area is 162 Å². The molecule has 0 bridgehead atoms. The molecule has 3 aromatic heterocycles. The Balaban J connectivity index is 2.01. The molecule has 0 aromatic carbocycles. The van der Waals surface area contributed by atoms with Gasteiger partial charge in [0.05, 0.1) is 30.3 Å². The van der Waals surface area contributed by atoms with E-state index in [1.165, 1.54) is 10.9 Å². The van der Waals surface area contributed by atoms with Crippen molar-refractivity contribution < 1.29 is 13.9 Å². The van der Waals surface area contributed by atoms with Gasteiger partial charge in [0.15, 0.2) is 5.76 Å². The molecule has 8 nitrogen and oxygen atoms in total. The summed E-state index contributed by atoms with van der Waals surface area (Å²) in [6, 6.07) is 5.33. The van der Waals surface area contributed by atoms with Gasteiger partial charge in [-0.15, -0.1) is 13.2 Å². The van der Waals surface area contributed by atoms with E-state index in [0.29, 0.717) is 41.7 Å². The number of carbonyl (C=O) groups excluding carboxylic acids is 1. The third-order valence-electron chi connectivity index (χ3n) is 3.97. The SMILES string of the molecule is C=CCN(CC=C)C(=O)c1cnn(-c2nccc(-c3ccco3)n2)c1COC. The zero-order valence-corrected chi connectivity index (χ0v) is 15.6. The number of hydrogen-bond acceptors (Lipinski definition) is 6. The third kappa shape index (κ3) is 3.91. The molecule has 3 rings (SSSR count). The molecule has 0 aliphatic carbocycles. The fourth-order valence-electron chi connectivity index (χ4n) is 2.73. The van der Waals surface area contributed by atoms with Gasteiger partial charge in [-0.3, -0.25) is 4.79 Å². The van der Waals surface area contributed by atoms with E-state index in [0.717, 1.165) is 0 Å². The molecule has 0 atom stereocenters. The zero-order chi connectivity index (χ0) is 19.9. The van der Waals surface area contributed by atoms with Crippen molar-refractivity contribution >= 4 is 5.91 Å². The number of ether oxygens (including phenoxy) is 1. The van der Waals surface area contributed by atoms with Crippen molar-refractivity contribution in [1.82, 2.24) is 24.6 Å². The largest absolute Gasteiger partial charge is 0.463 e. The lowest BCUT2D eigenvalue weighted by Crippen LogP contribution is -2.32. The maximum Gasteiger partial charge on any atom is 0.258 e. The Morgan fingerprint density at radius 3 is 2.75 bits per heavy atom. The first-order valence-electron chi connectivity index (χ1n) is 8.63. The molecule has 3 aromatic rings. The van der Waals surface area contributed by atoms with E-state index in [4.69, 9.17) is 9.15 Å². The van der Waals surface area contributed by atoms with Gasteiger partial charge < -0.3 is 14.1 Å². The average molecular weight is 379 g/mol. The predicted molar refractivity (Wildman–Crippen MR) is 104 cm³/mol. The highest BCUT2D eigenvalue weighted by Crippen LogP contribution is 2.20. The number of furan rings is 1. The van der Waals surface area contributed by atoms with Crippen LogP contribution in [0.5, 0.6) is 0 Å². The standard InChI is InChI=1S/C20H21N5O3/c1-4-10-24(11-5-2)19(26)15-13-22-25(17(15)14-27-3)20-21-9-8-16(23-20)18-7-6-12-28-18/h4-9,12-13H,1-2,10-11,14H2,3H3. The first-order valence-corrected chi connectivity index (χ1v) is 8.63. The minimum absolute atomic E-state index is 0.172. The summed E-state index contributed by atoms with van der Waals surface area (Å²) in [6.07, 6.45) is 8.02. The van der Waals surface area contributed by atoms with E-state index in [2.05, 4.69) is 28.2 Å². The highest BCUT2D eigenvalue weighted by atomic mass is 16.5. The molecule has 0 unspecified atom stereocenters. The van der Waals surface area contributed by atoms with Gasteiger partial charge in [-0.1, -0.05) is 12.2 Å². The normalized spacial score (nSPS) is 10.6. The predicted octanol–water partition coefficient (Wildman–Crippen LogP) is 2.88. The van der Waals surface area contributed by atoms with E-state index >= 15 is 0 Å². The molecule has 8 heteroatoms. The molecule has 0 spiro atoms. The van der Waals surface area contributed by atoms with E-state index in [-0.39, 0.29) is 12.5 Å². The zero-order valence-electron chi connectivity index (χ0n) is 15.6. The van der Waals surface area contributed by atoms with Crippen molar-refractivity contribution in [1.29, 1.82) is 0 Å². The van der Waals surface area contributed by atoms with Crippen molar-refractivity contribution in [2.75, 3.05) is 20.2 Å². The number of carbonyl (C=O) groups is 1. The fraction of sp³-hybridized carbons (Fsp3) is 0.200. The van der Waals surface area contributed by atoms with Gasteiger partial charge in [0.25, 0.3) is 11.9 Å². The van der Waals surface area contributed by atoms with E-state index < -0.39 is 0 Å². The summed E-state index contributed by atoms with van der Waals surface area (Å²) in [5.41, 5.74) is 1.58. The Morgan fingerprint density at radius 2 is 2.11 bits per heavy atom. The third-order valence-corrected chi connectivity index (χ3v) is 3.97. The van der Waals surface area contributed by atoms with Crippen molar-refractivity contribution in [3.63, 3.8) is 0 Å². The van der Waals surface area contributed by atoms with Crippen LogP contribution in [-0.2, 0) is 11.3 Å². The molecule has 0 N–H and O–H groups in total. The summed E-state index contributed by atoms with van der Waals surface area (Å²) in [4.78, 5) is 23.4. The van der Waals surface area contributed by atoms with Gasteiger partial charge >= 0.3 is 0 Å². The molecule has 0 aliphatic rings. The second-order valence-corrected chi connectivity index (χ2v) is 5.86. The van der Waals surface area contributed by atoms with Crippen LogP contribution < -0.4 is 0 Å². The van der Waals surface area contributed by atoms with Gasteiger partial charge in [0.2, 0.25) is 0 Å². The summed E-state index contributed by atoms with van der Waals surface area (Å²) < 4.78 is 12.2. The number of methoxy groups -OCH3 is 1. The monoisotopic (exact) mass is 379 g/mol. The van der Waals surface area contributed by atoms with Gasteiger partial charge in [0.1, 0.15) is 5.69 Å². The van der Waals surface area contributed by atoms with Crippen molar-refractivity contribution in [3.05, 3.63) is 73.4 Å². The van der Waals surface area contributed by atoms with E-state index in [1.54, 1.807) is 48.8 Å². The van der Waals surface area contributed by atoms with Crippen molar-refractivity contribution in [2.24, 2.45) is 0 Å². The van der Waals surface area contributed by atoms with Crippen LogP contribution in [-0.4, -0.2) is 50.8 Å². The molecular weight excluding hydrogens is 358 g/mol. The van der Waals surface area contributed by atoms with Crippen LogP contribution in [0.25, 0.3) is 17.4 Å². The lowest BCUT2D eigenvalue weighted by molar-refractivity contribution is 0.0785. The average Bonchev–Trinajstić information content (AvgIpc) is 3.38. The Hall–Kier alpha value is -3.52. The number of nitrogens with zero attached hydrogens (tertiary/aromatic N) is 5. The van der Waals surface area contributed by atoms with E-state index in [9.17, 15) is 4.79 Å². The molecule has 0 fully saturated rings. The minimum atomic E-state index is -0.194. The summed E-state index contributed by atoms with van der Waals surface area (Å²) in [5, 5.41) is 4.33.